The van der Waals surface area contributed by atoms with E-state index in [0.29, 0.717) is 22.9 Å². The molecule has 1 aromatic heterocycles. The zero-order valence-corrected chi connectivity index (χ0v) is 12.7. The SMILES string of the molecule is CCc1ccc(CC(=O)Cc2ccc(Cl)cc2Cl)nc1. The maximum Gasteiger partial charge on any atom is 0.143 e. The lowest BCUT2D eigenvalue weighted by Crippen LogP contribution is -2.08. The van der Waals surface area contributed by atoms with Crippen molar-refractivity contribution in [1.29, 1.82) is 0 Å². The zero-order chi connectivity index (χ0) is 14.5. The van der Waals surface area contributed by atoms with Crippen LogP contribution in [-0.4, -0.2) is 10.8 Å². The minimum atomic E-state index is 0.0889. The van der Waals surface area contributed by atoms with Crippen molar-refractivity contribution in [3.63, 3.8) is 0 Å². The molecule has 20 heavy (non-hydrogen) atoms. The van der Waals surface area contributed by atoms with E-state index in [4.69, 9.17) is 23.2 Å². The van der Waals surface area contributed by atoms with E-state index in [1.54, 1.807) is 18.2 Å². The number of hydrogen-bond acceptors (Lipinski definition) is 2. The standard InChI is InChI=1S/C16H15Cl2NO/c1-2-11-3-6-14(19-10-11)9-15(20)7-12-4-5-13(17)8-16(12)18/h3-6,8,10H,2,7,9H2,1H3. The molecule has 0 N–H and O–H groups in total. The van der Waals surface area contributed by atoms with E-state index in [1.165, 1.54) is 5.56 Å². The van der Waals surface area contributed by atoms with Crippen molar-refractivity contribution in [2.24, 2.45) is 0 Å². The summed E-state index contributed by atoms with van der Waals surface area (Å²) < 4.78 is 0. The van der Waals surface area contributed by atoms with Gasteiger partial charge in [0.1, 0.15) is 5.78 Å². The molecule has 4 heteroatoms. The second-order valence-electron chi connectivity index (χ2n) is 4.64. The molecule has 0 amide bonds. The number of aromatic nitrogens is 1. The predicted octanol–water partition coefficient (Wildman–Crippen LogP) is 4.31. The van der Waals surface area contributed by atoms with Gasteiger partial charge < -0.3 is 0 Å². The van der Waals surface area contributed by atoms with Gasteiger partial charge in [-0.2, -0.15) is 0 Å². The van der Waals surface area contributed by atoms with E-state index in [2.05, 4.69) is 11.9 Å². The summed E-state index contributed by atoms with van der Waals surface area (Å²) in [4.78, 5) is 16.3. The highest BCUT2D eigenvalue weighted by atomic mass is 35.5. The Labute approximate surface area is 128 Å². The van der Waals surface area contributed by atoms with Crippen LogP contribution < -0.4 is 0 Å². The first-order valence-corrected chi connectivity index (χ1v) is 7.23. The monoisotopic (exact) mass is 307 g/mol. The fraction of sp³-hybridized carbons (Fsp3) is 0.250. The average molecular weight is 308 g/mol. The number of pyridine rings is 1. The molecule has 2 aromatic rings. The van der Waals surface area contributed by atoms with E-state index in [-0.39, 0.29) is 5.78 Å². The summed E-state index contributed by atoms with van der Waals surface area (Å²) >= 11 is 11.9. The summed E-state index contributed by atoms with van der Waals surface area (Å²) in [6.07, 6.45) is 3.38. The van der Waals surface area contributed by atoms with Gasteiger partial charge in [0, 0.05) is 34.8 Å². The quantitative estimate of drug-likeness (QED) is 0.824. The molecule has 2 rings (SSSR count). The number of carbonyl (C=O) groups is 1. The van der Waals surface area contributed by atoms with Crippen LogP contribution in [0.3, 0.4) is 0 Å². The summed E-state index contributed by atoms with van der Waals surface area (Å²) in [5.74, 6) is 0.0889. The second-order valence-corrected chi connectivity index (χ2v) is 5.48. The largest absolute Gasteiger partial charge is 0.299 e. The average Bonchev–Trinajstić information content (AvgIpc) is 2.43. The lowest BCUT2D eigenvalue weighted by molar-refractivity contribution is -0.117. The summed E-state index contributed by atoms with van der Waals surface area (Å²) in [6.45, 7) is 2.07. The van der Waals surface area contributed by atoms with Crippen molar-refractivity contribution < 1.29 is 4.79 Å². The normalized spacial score (nSPS) is 10.6. The zero-order valence-electron chi connectivity index (χ0n) is 11.2. The van der Waals surface area contributed by atoms with Crippen LogP contribution in [0.5, 0.6) is 0 Å². The Hall–Kier alpha value is -1.38. The van der Waals surface area contributed by atoms with E-state index in [0.717, 1.165) is 17.7 Å². The molecular weight excluding hydrogens is 293 g/mol. The molecule has 0 unspecified atom stereocenters. The molecule has 0 aliphatic rings. The maximum atomic E-state index is 12.0. The summed E-state index contributed by atoms with van der Waals surface area (Å²) in [6, 6.07) is 9.09. The molecule has 2 nitrogen and oxygen atoms in total. The molecule has 0 atom stereocenters. The molecule has 0 spiro atoms. The van der Waals surface area contributed by atoms with Crippen LogP contribution in [0, 0.1) is 0 Å². The van der Waals surface area contributed by atoms with Crippen LogP contribution >= 0.6 is 23.2 Å². The number of nitrogens with zero attached hydrogens (tertiary/aromatic N) is 1. The Balaban J connectivity index is 2.01. The Morgan fingerprint density at radius 2 is 1.95 bits per heavy atom. The van der Waals surface area contributed by atoms with Crippen molar-refractivity contribution in [3.8, 4) is 0 Å². The van der Waals surface area contributed by atoms with Crippen LogP contribution in [0.15, 0.2) is 36.5 Å². The van der Waals surface area contributed by atoms with Gasteiger partial charge in [0.25, 0.3) is 0 Å². The first-order valence-electron chi connectivity index (χ1n) is 6.48. The number of aryl methyl sites for hydroxylation is 1. The fourth-order valence-electron chi connectivity index (χ4n) is 1.91. The molecule has 0 saturated carbocycles. The molecule has 104 valence electrons. The van der Waals surface area contributed by atoms with Crippen molar-refractivity contribution in [2.75, 3.05) is 0 Å². The molecule has 0 radical (unpaired) electrons. The Bertz CT molecular complexity index is 608. The summed E-state index contributed by atoms with van der Waals surface area (Å²) in [5.41, 5.74) is 2.76. The van der Waals surface area contributed by atoms with E-state index >= 15 is 0 Å². The number of carbonyl (C=O) groups excluding carboxylic acids is 1. The number of hydrogen-bond donors (Lipinski definition) is 0. The Morgan fingerprint density at radius 1 is 1.15 bits per heavy atom. The Kier molecular flexibility index (Phi) is 5.16. The Morgan fingerprint density at radius 3 is 2.55 bits per heavy atom. The van der Waals surface area contributed by atoms with E-state index in [1.807, 2.05) is 18.3 Å². The first kappa shape index (κ1) is 15.0. The van der Waals surface area contributed by atoms with Crippen molar-refractivity contribution >= 4 is 29.0 Å². The van der Waals surface area contributed by atoms with Crippen LogP contribution in [0.25, 0.3) is 0 Å². The third-order valence-corrected chi connectivity index (χ3v) is 3.66. The topological polar surface area (TPSA) is 30.0 Å². The maximum absolute atomic E-state index is 12.0. The van der Waals surface area contributed by atoms with Gasteiger partial charge in [0.2, 0.25) is 0 Å². The second kappa shape index (κ2) is 6.87. The van der Waals surface area contributed by atoms with Crippen molar-refractivity contribution in [3.05, 3.63) is 63.4 Å². The van der Waals surface area contributed by atoms with Gasteiger partial charge in [-0.05, 0) is 35.7 Å². The molecule has 1 aromatic carbocycles. The van der Waals surface area contributed by atoms with Gasteiger partial charge >= 0.3 is 0 Å². The van der Waals surface area contributed by atoms with Gasteiger partial charge in [0.15, 0.2) is 0 Å². The first-order chi connectivity index (χ1) is 9.58. The van der Waals surface area contributed by atoms with Gasteiger partial charge in [0.05, 0.1) is 0 Å². The number of halogens is 2. The molecule has 0 aliphatic carbocycles. The molecule has 0 bridgehead atoms. The highest BCUT2D eigenvalue weighted by Crippen LogP contribution is 2.21. The lowest BCUT2D eigenvalue weighted by atomic mass is 10.0. The van der Waals surface area contributed by atoms with Gasteiger partial charge in [-0.15, -0.1) is 0 Å². The minimum Gasteiger partial charge on any atom is -0.299 e. The van der Waals surface area contributed by atoms with E-state index in [9.17, 15) is 4.79 Å². The highest BCUT2D eigenvalue weighted by molar-refractivity contribution is 6.35. The molecule has 0 aliphatic heterocycles. The van der Waals surface area contributed by atoms with Crippen LogP contribution in [0.1, 0.15) is 23.7 Å². The highest BCUT2D eigenvalue weighted by Gasteiger charge is 2.09. The van der Waals surface area contributed by atoms with Gasteiger partial charge in [-0.3, -0.25) is 9.78 Å². The number of rotatable bonds is 5. The van der Waals surface area contributed by atoms with Crippen molar-refractivity contribution in [2.45, 2.75) is 26.2 Å². The smallest absolute Gasteiger partial charge is 0.143 e. The third kappa shape index (κ3) is 4.06. The third-order valence-electron chi connectivity index (χ3n) is 3.08. The minimum absolute atomic E-state index is 0.0889. The van der Waals surface area contributed by atoms with Crippen molar-refractivity contribution in [1.82, 2.24) is 4.98 Å². The van der Waals surface area contributed by atoms with Crippen LogP contribution in [0.2, 0.25) is 10.0 Å². The molecular formula is C16H15Cl2NO. The number of benzene rings is 1. The fourth-order valence-corrected chi connectivity index (χ4v) is 2.39. The van der Waals surface area contributed by atoms with Gasteiger partial charge in [-0.1, -0.05) is 42.3 Å². The summed E-state index contributed by atoms with van der Waals surface area (Å²) in [7, 11) is 0. The molecule has 1 heterocycles. The van der Waals surface area contributed by atoms with E-state index < -0.39 is 0 Å². The van der Waals surface area contributed by atoms with Crippen LogP contribution in [0.4, 0.5) is 0 Å². The summed E-state index contributed by atoms with van der Waals surface area (Å²) in [5, 5.41) is 1.10. The van der Waals surface area contributed by atoms with Gasteiger partial charge in [-0.25, -0.2) is 0 Å². The van der Waals surface area contributed by atoms with Crippen LogP contribution in [-0.2, 0) is 24.1 Å². The number of ketones is 1. The molecule has 0 fully saturated rings. The molecule has 0 saturated heterocycles. The predicted molar refractivity (Wildman–Crippen MR) is 82.5 cm³/mol. The number of Topliss-reactive ketones (excluding diaryl/α,β-unsaturated/α-hetero) is 1. The lowest BCUT2D eigenvalue weighted by Gasteiger charge is -2.05.